The normalized spacial score (nSPS) is 14.4. The number of carboxylic acids is 1. The number of aliphatic carboxylic acids is 1. The van der Waals surface area contributed by atoms with Gasteiger partial charge >= 0.3 is 12.1 Å². The number of benzene rings is 2. The molecule has 0 aromatic heterocycles. The molecule has 3 N–H and O–H groups in total. The van der Waals surface area contributed by atoms with Crippen molar-refractivity contribution >= 4 is 18.0 Å². The lowest BCUT2D eigenvalue weighted by Gasteiger charge is -2.31. The van der Waals surface area contributed by atoms with Crippen molar-refractivity contribution in [3.8, 4) is 11.1 Å². The number of fused-ring (bicyclic) bond motifs is 3. The molecule has 7 nitrogen and oxygen atoms in total. The molecule has 35 heavy (non-hydrogen) atoms. The highest BCUT2D eigenvalue weighted by Crippen LogP contribution is 2.44. The lowest BCUT2D eigenvalue weighted by Crippen LogP contribution is -2.38. The van der Waals surface area contributed by atoms with E-state index in [1.54, 1.807) is 0 Å². The fraction of sp³-hybridized carbons (Fsp3) is 0.464. The van der Waals surface area contributed by atoms with E-state index in [-0.39, 0.29) is 36.2 Å². The van der Waals surface area contributed by atoms with Gasteiger partial charge in [-0.1, -0.05) is 69.3 Å². The molecule has 0 saturated heterocycles. The summed E-state index contributed by atoms with van der Waals surface area (Å²) in [5.41, 5.74) is 4.65. The van der Waals surface area contributed by atoms with Gasteiger partial charge in [0, 0.05) is 18.9 Å². The first kappa shape index (κ1) is 26.3. The maximum absolute atomic E-state index is 12.5. The Kier molecular flexibility index (Phi) is 8.54. The highest BCUT2D eigenvalue weighted by molar-refractivity contribution is 5.83. The minimum Gasteiger partial charge on any atom is -0.480 e. The molecule has 0 spiro atoms. The van der Waals surface area contributed by atoms with Crippen molar-refractivity contribution < 1.29 is 24.2 Å². The van der Waals surface area contributed by atoms with Crippen molar-refractivity contribution in [1.82, 2.24) is 10.6 Å². The summed E-state index contributed by atoms with van der Waals surface area (Å²) in [5.74, 6) is -1.15. The summed E-state index contributed by atoms with van der Waals surface area (Å²) in [5, 5.41) is 14.3. The molecule has 1 aliphatic carbocycles. The Bertz CT molecular complexity index is 1010. The number of carbonyl (C=O) groups is 3. The Hall–Kier alpha value is -3.35. The van der Waals surface area contributed by atoms with Crippen LogP contribution in [0.25, 0.3) is 11.1 Å². The quantitative estimate of drug-likeness (QED) is 0.446. The van der Waals surface area contributed by atoms with Gasteiger partial charge in [0.1, 0.15) is 12.6 Å². The van der Waals surface area contributed by atoms with Gasteiger partial charge in [-0.2, -0.15) is 0 Å². The number of carboxylic acid groups (broad SMARTS) is 1. The molecular weight excluding hydrogens is 444 g/mol. The van der Waals surface area contributed by atoms with Gasteiger partial charge in [0.05, 0.1) is 0 Å². The van der Waals surface area contributed by atoms with Gasteiger partial charge in [0.15, 0.2) is 0 Å². The number of hydrogen-bond donors (Lipinski definition) is 3. The fourth-order valence-electron chi connectivity index (χ4n) is 4.69. The van der Waals surface area contributed by atoms with E-state index in [1.165, 1.54) is 29.2 Å². The average molecular weight is 481 g/mol. The molecular formula is C28H36N2O5. The van der Waals surface area contributed by atoms with Crippen LogP contribution in [0.1, 0.15) is 64.0 Å². The van der Waals surface area contributed by atoms with Crippen LogP contribution in [0.15, 0.2) is 48.5 Å². The van der Waals surface area contributed by atoms with Crippen LogP contribution in [0, 0.1) is 11.3 Å². The first-order chi connectivity index (χ1) is 16.6. The van der Waals surface area contributed by atoms with E-state index < -0.39 is 18.1 Å². The molecule has 1 aliphatic rings. The van der Waals surface area contributed by atoms with Gasteiger partial charge in [0.25, 0.3) is 0 Å². The van der Waals surface area contributed by atoms with Crippen molar-refractivity contribution in [2.24, 2.45) is 11.3 Å². The van der Waals surface area contributed by atoms with Crippen LogP contribution in [0.4, 0.5) is 4.79 Å². The Morgan fingerprint density at radius 3 is 2.09 bits per heavy atom. The summed E-state index contributed by atoms with van der Waals surface area (Å²) in [6, 6.07) is 15.5. The number of carbonyl (C=O) groups excluding carboxylic acids is 2. The van der Waals surface area contributed by atoms with Crippen LogP contribution in [-0.2, 0) is 14.3 Å². The van der Waals surface area contributed by atoms with E-state index in [1.807, 2.05) is 24.3 Å². The van der Waals surface area contributed by atoms with Gasteiger partial charge < -0.3 is 20.5 Å². The van der Waals surface area contributed by atoms with Gasteiger partial charge in [-0.25, -0.2) is 4.79 Å². The largest absolute Gasteiger partial charge is 0.480 e. The summed E-state index contributed by atoms with van der Waals surface area (Å²) in [4.78, 5) is 35.5. The van der Waals surface area contributed by atoms with Crippen LogP contribution in [0.2, 0.25) is 0 Å². The van der Waals surface area contributed by atoms with Crippen LogP contribution in [0.5, 0.6) is 0 Å². The maximum atomic E-state index is 12.5. The van der Waals surface area contributed by atoms with E-state index in [0.717, 1.165) is 0 Å². The molecule has 7 heteroatoms. The zero-order chi connectivity index (χ0) is 25.6. The molecule has 2 aromatic carbocycles. The summed E-state index contributed by atoms with van der Waals surface area (Å²) >= 11 is 0. The van der Waals surface area contributed by atoms with E-state index in [4.69, 9.17) is 9.84 Å². The molecule has 0 fully saturated rings. The van der Waals surface area contributed by atoms with E-state index in [9.17, 15) is 14.4 Å². The minimum atomic E-state index is -1.06. The topological polar surface area (TPSA) is 105 Å². The van der Waals surface area contributed by atoms with Crippen molar-refractivity contribution in [1.29, 1.82) is 0 Å². The molecule has 0 saturated carbocycles. The molecule has 0 bridgehead atoms. The van der Waals surface area contributed by atoms with Crippen LogP contribution < -0.4 is 10.6 Å². The van der Waals surface area contributed by atoms with Gasteiger partial charge in [-0.3, -0.25) is 9.59 Å². The molecule has 2 amide bonds. The van der Waals surface area contributed by atoms with E-state index in [0.29, 0.717) is 19.4 Å². The summed E-state index contributed by atoms with van der Waals surface area (Å²) in [6.45, 7) is 8.45. The second-order valence-corrected chi connectivity index (χ2v) is 10.3. The summed E-state index contributed by atoms with van der Waals surface area (Å²) in [7, 11) is 0. The molecule has 0 aliphatic heterocycles. The predicted molar refractivity (Wildman–Crippen MR) is 135 cm³/mol. The minimum absolute atomic E-state index is 0.0159. The molecule has 0 radical (unpaired) electrons. The highest BCUT2D eigenvalue weighted by Gasteiger charge is 2.29. The van der Waals surface area contributed by atoms with Gasteiger partial charge in [-0.05, 0) is 53.4 Å². The third-order valence-electron chi connectivity index (χ3n) is 6.80. The van der Waals surface area contributed by atoms with E-state index in [2.05, 4.69) is 55.7 Å². The number of alkyl carbamates (subject to hydrolysis) is 1. The smallest absolute Gasteiger partial charge is 0.407 e. The molecule has 2 aromatic rings. The Balaban J connectivity index is 1.48. The van der Waals surface area contributed by atoms with Crippen LogP contribution in [-0.4, -0.2) is 42.3 Å². The second-order valence-electron chi connectivity index (χ2n) is 10.3. The molecule has 0 heterocycles. The predicted octanol–water partition coefficient (Wildman–Crippen LogP) is 4.95. The molecule has 188 valence electrons. The average Bonchev–Trinajstić information content (AvgIpc) is 3.12. The van der Waals surface area contributed by atoms with E-state index >= 15 is 0 Å². The Morgan fingerprint density at radius 2 is 1.54 bits per heavy atom. The van der Waals surface area contributed by atoms with Crippen LogP contribution in [0.3, 0.4) is 0 Å². The zero-order valence-electron chi connectivity index (χ0n) is 21.0. The highest BCUT2D eigenvalue weighted by atomic mass is 16.5. The molecule has 3 rings (SSSR count). The molecule has 2 atom stereocenters. The summed E-state index contributed by atoms with van der Waals surface area (Å²) in [6.07, 6.45) is 1.08. The third-order valence-corrected chi connectivity index (χ3v) is 6.80. The Morgan fingerprint density at radius 1 is 0.971 bits per heavy atom. The van der Waals surface area contributed by atoms with Gasteiger partial charge in [0.2, 0.25) is 5.91 Å². The second kappa shape index (κ2) is 11.4. The fourth-order valence-corrected chi connectivity index (χ4v) is 4.69. The maximum Gasteiger partial charge on any atom is 0.407 e. The third kappa shape index (κ3) is 6.84. The first-order valence-corrected chi connectivity index (χ1v) is 12.2. The number of ether oxygens (including phenoxy) is 1. The molecule has 2 unspecified atom stereocenters. The number of rotatable bonds is 10. The summed E-state index contributed by atoms with van der Waals surface area (Å²) < 4.78 is 5.60. The van der Waals surface area contributed by atoms with Gasteiger partial charge in [-0.15, -0.1) is 0 Å². The van der Waals surface area contributed by atoms with Crippen LogP contribution >= 0.6 is 0 Å². The monoisotopic (exact) mass is 480 g/mol. The lowest BCUT2D eigenvalue weighted by molar-refractivity contribution is -0.141. The van der Waals surface area contributed by atoms with Crippen molar-refractivity contribution in [3.63, 3.8) is 0 Å². The lowest BCUT2D eigenvalue weighted by atomic mass is 9.76. The number of nitrogens with one attached hydrogen (secondary N) is 2. The first-order valence-electron chi connectivity index (χ1n) is 12.2. The van der Waals surface area contributed by atoms with Crippen molar-refractivity contribution in [2.75, 3.05) is 13.2 Å². The Labute approximate surface area is 207 Å². The van der Waals surface area contributed by atoms with Crippen molar-refractivity contribution in [2.45, 2.75) is 58.9 Å². The van der Waals surface area contributed by atoms with Crippen molar-refractivity contribution in [3.05, 3.63) is 59.7 Å². The standard InChI is InChI=1S/C28H36N2O5/c1-18(26(32)33)30-25(31)14-13-19(28(2,3)4)15-16-29-27(34)35-17-24-22-11-7-5-9-20(22)21-10-6-8-12-23(21)24/h5-12,18-19,24H,13-17H2,1-4H3,(H,29,34)(H,30,31)(H,32,33). The zero-order valence-corrected chi connectivity index (χ0v) is 21.0. The number of hydrogen-bond acceptors (Lipinski definition) is 4. The SMILES string of the molecule is CC(NC(=O)CCC(CCNC(=O)OCC1c2ccccc2-c2ccccc21)C(C)(C)C)C(=O)O. The number of amides is 2.